The van der Waals surface area contributed by atoms with Gasteiger partial charge in [0.1, 0.15) is 0 Å². The van der Waals surface area contributed by atoms with Crippen LogP contribution in [-0.2, 0) is 11.2 Å². The van der Waals surface area contributed by atoms with Crippen LogP contribution in [0.1, 0.15) is 29.6 Å². The number of oxazole rings is 1. The monoisotopic (exact) mass is 285 g/mol. The van der Waals surface area contributed by atoms with E-state index >= 15 is 0 Å². The molecule has 2 aromatic rings. The minimum Gasteiger partial charge on any atom is -0.463 e. The largest absolute Gasteiger partial charge is 0.463 e. The molecule has 0 saturated carbocycles. The third-order valence-corrected chi connectivity index (χ3v) is 3.56. The number of thiophene rings is 1. The predicted molar refractivity (Wildman–Crippen MR) is 70.2 cm³/mol. The molecule has 0 fully saturated rings. The van der Waals surface area contributed by atoms with Crippen molar-refractivity contribution in [3.8, 4) is 10.8 Å². The van der Waals surface area contributed by atoms with Crippen molar-refractivity contribution in [1.82, 2.24) is 4.98 Å². The lowest BCUT2D eigenvalue weighted by Gasteiger charge is -1.96. The summed E-state index contributed by atoms with van der Waals surface area (Å²) in [7, 11) is 1.32. The van der Waals surface area contributed by atoms with E-state index in [-0.39, 0.29) is 5.76 Å². The third kappa shape index (κ3) is 2.57. The summed E-state index contributed by atoms with van der Waals surface area (Å²) in [6, 6.07) is 3.58. The van der Waals surface area contributed by atoms with Gasteiger partial charge in [-0.1, -0.05) is 24.9 Å². The molecule has 0 bridgehead atoms. The van der Waals surface area contributed by atoms with E-state index in [2.05, 4.69) is 9.72 Å². The van der Waals surface area contributed by atoms with E-state index in [1.807, 2.05) is 13.0 Å². The summed E-state index contributed by atoms with van der Waals surface area (Å²) >= 11 is 7.22. The lowest BCUT2D eigenvalue weighted by atomic mass is 10.2. The zero-order valence-corrected chi connectivity index (χ0v) is 11.6. The van der Waals surface area contributed by atoms with E-state index in [9.17, 15) is 4.79 Å². The van der Waals surface area contributed by atoms with Gasteiger partial charge in [-0.25, -0.2) is 9.78 Å². The van der Waals surface area contributed by atoms with Gasteiger partial charge >= 0.3 is 5.97 Å². The normalized spacial score (nSPS) is 10.6. The van der Waals surface area contributed by atoms with Gasteiger partial charge in [0.2, 0.25) is 11.7 Å². The van der Waals surface area contributed by atoms with Gasteiger partial charge in [-0.2, -0.15) is 0 Å². The molecular weight excluding hydrogens is 274 g/mol. The molecule has 0 unspecified atom stereocenters. The van der Waals surface area contributed by atoms with E-state index in [0.29, 0.717) is 22.3 Å². The maximum Gasteiger partial charge on any atom is 0.376 e. The van der Waals surface area contributed by atoms with Crippen molar-refractivity contribution < 1.29 is 13.9 Å². The topological polar surface area (TPSA) is 52.3 Å². The van der Waals surface area contributed by atoms with Crippen LogP contribution in [0.4, 0.5) is 0 Å². The van der Waals surface area contributed by atoms with Gasteiger partial charge in [0, 0.05) is 0 Å². The highest BCUT2D eigenvalue weighted by Gasteiger charge is 2.21. The molecule has 18 heavy (non-hydrogen) atoms. The van der Waals surface area contributed by atoms with Crippen LogP contribution in [0.15, 0.2) is 16.5 Å². The molecule has 0 aliphatic heterocycles. The number of aromatic nitrogens is 1. The number of esters is 1. The van der Waals surface area contributed by atoms with Crippen molar-refractivity contribution >= 4 is 28.9 Å². The van der Waals surface area contributed by atoms with Crippen molar-refractivity contribution in [3.05, 3.63) is 27.9 Å². The van der Waals surface area contributed by atoms with Crippen LogP contribution in [0.3, 0.4) is 0 Å². The molecule has 0 aromatic carbocycles. The fraction of sp³-hybridized carbons (Fsp3) is 0.333. The molecule has 0 spiro atoms. The Kier molecular flexibility index (Phi) is 4.04. The fourth-order valence-corrected chi connectivity index (χ4v) is 2.51. The number of carbonyl (C=O) groups is 1. The Labute approximate surface area is 114 Å². The van der Waals surface area contributed by atoms with Crippen LogP contribution in [0.25, 0.3) is 10.8 Å². The van der Waals surface area contributed by atoms with Crippen LogP contribution in [-0.4, -0.2) is 18.1 Å². The van der Waals surface area contributed by atoms with Gasteiger partial charge in [-0.15, -0.1) is 11.3 Å². The first-order chi connectivity index (χ1) is 8.65. The van der Waals surface area contributed by atoms with Gasteiger partial charge in [-0.3, -0.25) is 0 Å². The average molecular weight is 286 g/mol. The summed E-state index contributed by atoms with van der Waals surface area (Å²) in [4.78, 5) is 16.7. The molecule has 0 amide bonds. The number of aryl methyl sites for hydroxylation is 1. The van der Waals surface area contributed by atoms with Gasteiger partial charge < -0.3 is 9.15 Å². The molecule has 0 N–H and O–H groups in total. The molecule has 6 heteroatoms. The van der Waals surface area contributed by atoms with Gasteiger partial charge in [0.15, 0.2) is 0 Å². The molecule has 0 aliphatic carbocycles. The SMILES string of the molecule is CCCc1nc(-c2ccc(Cl)s2)oc1C(=O)OC. The first-order valence-electron chi connectivity index (χ1n) is 5.49. The summed E-state index contributed by atoms with van der Waals surface area (Å²) in [6.07, 6.45) is 1.55. The average Bonchev–Trinajstić information content (AvgIpc) is 2.95. The van der Waals surface area contributed by atoms with Crippen molar-refractivity contribution in [3.63, 3.8) is 0 Å². The Morgan fingerprint density at radius 1 is 1.56 bits per heavy atom. The first-order valence-corrected chi connectivity index (χ1v) is 6.68. The molecule has 2 aromatic heterocycles. The number of ether oxygens (including phenoxy) is 1. The highest BCUT2D eigenvalue weighted by molar-refractivity contribution is 7.19. The number of carbonyl (C=O) groups excluding carboxylic acids is 1. The quantitative estimate of drug-likeness (QED) is 0.802. The van der Waals surface area contributed by atoms with Crippen LogP contribution in [0, 0.1) is 0 Å². The minimum atomic E-state index is -0.500. The van der Waals surface area contributed by atoms with E-state index in [4.69, 9.17) is 16.0 Å². The summed E-state index contributed by atoms with van der Waals surface area (Å²) in [5.74, 6) is 0.0921. The third-order valence-electron chi connectivity index (χ3n) is 2.34. The lowest BCUT2D eigenvalue weighted by Crippen LogP contribution is -2.03. The Morgan fingerprint density at radius 2 is 2.33 bits per heavy atom. The maximum absolute atomic E-state index is 11.6. The highest BCUT2D eigenvalue weighted by Crippen LogP contribution is 2.32. The number of rotatable bonds is 4. The zero-order valence-electron chi connectivity index (χ0n) is 10.0. The highest BCUT2D eigenvalue weighted by atomic mass is 35.5. The molecule has 0 saturated heterocycles. The summed E-state index contributed by atoms with van der Waals surface area (Å²) in [5, 5.41) is 0. The van der Waals surface area contributed by atoms with Crippen molar-refractivity contribution in [2.24, 2.45) is 0 Å². The van der Waals surface area contributed by atoms with Crippen molar-refractivity contribution in [2.75, 3.05) is 7.11 Å². The number of nitrogens with zero attached hydrogens (tertiary/aromatic N) is 1. The maximum atomic E-state index is 11.6. The first kappa shape index (κ1) is 13.1. The minimum absolute atomic E-state index is 0.180. The van der Waals surface area contributed by atoms with Crippen LogP contribution in [0.2, 0.25) is 4.34 Å². The molecule has 4 nitrogen and oxygen atoms in total. The van der Waals surface area contributed by atoms with E-state index < -0.39 is 5.97 Å². The van der Waals surface area contributed by atoms with Crippen molar-refractivity contribution in [1.29, 1.82) is 0 Å². The van der Waals surface area contributed by atoms with Gasteiger partial charge in [-0.05, 0) is 18.6 Å². The summed E-state index contributed by atoms with van der Waals surface area (Å²) < 4.78 is 10.8. The summed E-state index contributed by atoms with van der Waals surface area (Å²) in [6.45, 7) is 2.01. The second-order valence-corrected chi connectivity index (χ2v) is 5.36. The number of halogens is 1. The molecule has 0 radical (unpaired) electrons. The fourth-order valence-electron chi connectivity index (χ4n) is 1.54. The van der Waals surface area contributed by atoms with Crippen LogP contribution >= 0.6 is 22.9 Å². The lowest BCUT2D eigenvalue weighted by molar-refractivity contribution is 0.0564. The molecule has 2 rings (SSSR count). The predicted octanol–water partition coefficient (Wildman–Crippen LogP) is 3.80. The van der Waals surface area contributed by atoms with Gasteiger partial charge in [0.25, 0.3) is 0 Å². The second kappa shape index (κ2) is 5.54. The van der Waals surface area contributed by atoms with E-state index in [0.717, 1.165) is 11.3 Å². The number of methoxy groups -OCH3 is 1. The Bertz CT molecular complexity index is 561. The molecule has 2 heterocycles. The molecular formula is C12H12ClNO3S. The number of hydrogen-bond donors (Lipinski definition) is 0. The number of hydrogen-bond acceptors (Lipinski definition) is 5. The standard InChI is InChI=1S/C12H12ClNO3S/c1-3-4-7-10(12(15)16-2)17-11(14-7)8-5-6-9(13)18-8/h5-6H,3-4H2,1-2H3. The Balaban J connectivity index is 2.41. The smallest absolute Gasteiger partial charge is 0.376 e. The second-order valence-electron chi connectivity index (χ2n) is 3.64. The Morgan fingerprint density at radius 3 is 2.89 bits per heavy atom. The van der Waals surface area contributed by atoms with Gasteiger partial charge in [0.05, 0.1) is 22.0 Å². The molecule has 96 valence electrons. The molecule has 0 aliphatic rings. The van der Waals surface area contributed by atoms with E-state index in [1.54, 1.807) is 6.07 Å². The van der Waals surface area contributed by atoms with Crippen molar-refractivity contribution in [2.45, 2.75) is 19.8 Å². The van der Waals surface area contributed by atoms with Crippen LogP contribution < -0.4 is 0 Å². The van der Waals surface area contributed by atoms with E-state index in [1.165, 1.54) is 18.4 Å². The zero-order chi connectivity index (χ0) is 13.1. The molecule has 0 atom stereocenters. The van der Waals surface area contributed by atoms with Crippen LogP contribution in [0.5, 0.6) is 0 Å². The summed E-state index contributed by atoms with van der Waals surface area (Å²) in [5.41, 5.74) is 0.629. The Hall–Kier alpha value is -1.33.